The Morgan fingerprint density at radius 3 is 3.00 bits per heavy atom. The zero-order chi connectivity index (χ0) is 10.1. The number of piperidine rings is 1. The van der Waals surface area contributed by atoms with Crippen molar-refractivity contribution in [2.75, 3.05) is 6.54 Å². The molecule has 1 aliphatic heterocycles. The minimum absolute atomic E-state index is 0.0721. The fourth-order valence-electron chi connectivity index (χ4n) is 2.68. The molecular weight excluding hydrogens is 180 g/mol. The predicted molar refractivity (Wildman–Crippen MR) is 52.4 cm³/mol. The molecule has 0 radical (unpaired) electrons. The summed E-state index contributed by atoms with van der Waals surface area (Å²) in [5.41, 5.74) is 5.52. The second-order valence-electron chi connectivity index (χ2n) is 4.45. The molecule has 4 unspecified atom stereocenters. The van der Waals surface area contributed by atoms with Crippen molar-refractivity contribution in [3.8, 4) is 0 Å². The van der Waals surface area contributed by atoms with Gasteiger partial charge in [0, 0.05) is 18.5 Å². The van der Waals surface area contributed by atoms with Gasteiger partial charge in [-0.3, -0.25) is 4.79 Å². The SMILES string of the molecule is NCC1CC2C(O)CCCC2NC1=O. The van der Waals surface area contributed by atoms with Crippen molar-refractivity contribution in [2.45, 2.75) is 37.8 Å². The lowest BCUT2D eigenvalue weighted by molar-refractivity contribution is -0.131. The number of hydrogen-bond acceptors (Lipinski definition) is 3. The van der Waals surface area contributed by atoms with E-state index in [1.807, 2.05) is 0 Å². The highest BCUT2D eigenvalue weighted by atomic mass is 16.3. The van der Waals surface area contributed by atoms with Crippen LogP contribution in [0.15, 0.2) is 0 Å². The number of nitrogens with one attached hydrogen (secondary N) is 1. The Morgan fingerprint density at radius 2 is 2.29 bits per heavy atom. The van der Waals surface area contributed by atoms with Gasteiger partial charge in [0.15, 0.2) is 0 Å². The third-order valence-corrected chi connectivity index (χ3v) is 3.57. The van der Waals surface area contributed by atoms with Gasteiger partial charge in [0.2, 0.25) is 5.91 Å². The van der Waals surface area contributed by atoms with Crippen LogP contribution in [0.1, 0.15) is 25.7 Å². The maximum absolute atomic E-state index is 11.5. The maximum Gasteiger partial charge on any atom is 0.224 e. The fraction of sp³-hybridized carbons (Fsp3) is 0.900. The van der Waals surface area contributed by atoms with Crippen molar-refractivity contribution in [3.63, 3.8) is 0 Å². The first kappa shape index (κ1) is 9.93. The standard InChI is InChI=1S/C10H18N2O2/c11-5-6-4-7-8(12-10(6)14)2-1-3-9(7)13/h6-9,13H,1-5,11H2,(H,12,14). The molecule has 2 fully saturated rings. The van der Waals surface area contributed by atoms with Gasteiger partial charge in [-0.15, -0.1) is 0 Å². The highest BCUT2D eigenvalue weighted by Crippen LogP contribution is 2.33. The van der Waals surface area contributed by atoms with Crippen LogP contribution in [0.2, 0.25) is 0 Å². The highest BCUT2D eigenvalue weighted by Gasteiger charge is 2.40. The molecule has 0 aromatic heterocycles. The van der Waals surface area contributed by atoms with E-state index >= 15 is 0 Å². The van der Waals surface area contributed by atoms with Crippen LogP contribution in [0.3, 0.4) is 0 Å². The molecule has 0 aromatic carbocycles. The number of fused-ring (bicyclic) bond motifs is 1. The van der Waals surface area contributed by atoms with Crippen LogP contribution in [-0.4, -0.2) is 29.7 Å². The van der Waals surface area contributed by atoms with E-state index in [-0.39, 0.29) is 29.9 Å². The Balaban J connectivity index is 2.06. The molecule has 4 atom stereocenters. The van der Waals surface area contributed by atoms with Gasteiger partial charge in [0.25, 0.3) is 0 Å². The largest absolute Gasteiger partial charge is 0.393 e. The number of amides is 1. The van der Waals surface area contributed by atoms with Crippen molar-refractivity contribution in [1.29, 1.82) is 0 Å². The van der Waals surface area contributed by atoms with Crippen molar-refractivity contribution >= 4 is 5.91 Å². The summed E-state index contributed by atoms with van der Waals surface area (Å²) in [7, 11) is 0. The lowest BCUT2D eigenvalue weighted by Crippen LogP contribution is -2.55. The van der Waals surface area contributed by atoms with Crippen LogP contribution in [0.4, 0.5) is 0 Å². The van der Waals surface area contributed by atoms with Gasteiger partial charge in [-0.25, -0.2) is 0 Å². The van der Waals surface area contributed by atoms with E-state index in [1.54, 1.807) is 0 Å². The summed E-state index contributed by atoms with van der Waals surface area (Å²) in [5, 5.41) is 12.8. The molecule has 0 bridgehead atoms. The summed E-state index contributed by atoms with van der Waals surface area (Å²) in [4.78, 5) is 11.5. The molecule has 4 nitrogen and oxygen atoms in total. The molecule has 1 saturated heterocycles. The van der Waals surface area contributed by atoms with Gasteiger partial charge >= 0.3 is 0 Å². The van der Waals surface area contributed by atoms with Crippen LogP contribution in [-0.2, 0) is 4.79 Å². The van der Waals surface area contributed by atoms with E-state index in [1.165, 1.54) is 0 Å². The molecule has 2 aliphatic rings. The zero-order valence-corrected chi connectivity index (χ0v) is 8.28. The number of aliphatic hydroxyl groups is 1. The number of aliphatic hydroxyl groups excluding tert-OH is 1. The van der Waals surface area contributed by atoms with Crippen molar-refractivity contribution in [2.24, 2.45) is 17.6 Å². The Morgan fingerprint density at radius 1 is 1.50 bits per heavy atom. The molecule has 1 heterocycles. The van der Waals surface area contributed by atoms with Gasteiger partial charge in [-0.2, -0.15) is 0 Å². The molecule has 0 spiro atoms. The lowest BCUT2D eigenvalue weighted by atomic mass is 9.74. The summed E-state index contributed by atoms with van der Waals surface area (Å²) in [6.45, 7) is 0.391. The maximum atomic E-state index is 11.5. The Bertz CT molecular complexity index is 232. The van der Waals surface area contributed by atoms with E-state index < -0.39 is 0 Å². The van der Waals surface area contributed by atoms with Gasteiger partial charge in [-0.1, -0.05) is 0 Å². The van der Waals surface area contributed by atoms with E-state index in [4.69, 9.17) is 5.73 Å². The summed E-state index contributed by atoms with van der Waals surface area (Å²) in [5.74, 6) is 0.210. The van der Waals surface area contributed by atoms with Gasteiger partial charge < -0.3 is 16.2 Å². The van der Waals surface area contributed by atoms with Crippen molar-refractivity contribution in [1.82, 2.24) is 5.32 Å². The third kappa shape index (κ3) is 1.64. The smallest absolute Gasteiger partial charge is 0.224 e. The van der Waals surface area contributed by atoms with Gasteiger partial charge in [-0.05, 0) is 25.7 Å². The average Bonchev–Trinajstić information content (AvgIpc) is 2.17. The van der Waals surface area contributed by atoms with E-state index in [9.17, 15) is 9.90 Å². The Labute approximate surface area is 83.9 Å². The summed E-state index contributed by atoms with van der Waals surface area (Å²) in [6, 6.07) is 0.189. The molecule has 2 rings (SSSR count). The Kier molecular flexibility index (Phi) is 2.74. The fourth-order valence-corrected chi connectivity index (χ4v) is 2.68. The van der Waals surface area contributed by atoms with Gasteiger partial charge in [0.1, 0.15) is 0 Å². The second-order valence-corrected chi connectivity index (χ2v) is 4.45. The minimum Gasteiger partial charge on any atom is -0.393 e. The number of carbonyl (C=O) groups is 1. The molecule has 1 aliphatic carbocycles. The van der Waals surface area contributed by atoms with Crippen LogP contribution >= 0.6 is 0 Å². The number of carbonyl (C=O) groups excluding carboxylic acids is 1. The monoisotopic (exact) mass is 198 g/mol. The number of nitrogens with two attached hydrogens (primary N) is 1. The summed E-state index contributed by atoms with van der Waals surface area (Å²) >= 11 is 0. The van der Waals surface area contributed by atoms with Gasteiger partial charge in [0.05, 0.1) is 12.0 Å². The quantitative estimate of drug-likeness (QED) is 0.537. The number of rotatable bonds is 1. The predicted octanol–water partition coefficient (Wildman–Crippen LogP) is -0.389. The van der Waals surface area contributed by atoms with Crippen LogP contribution < -0.4 is 11.1 Å². The van der Waals surface area contributed by atoms with E-state index in [0.29, 0.717) is 6.54 Å². The second kappa shape index (κ2) is 3.87. The topological polar surface area (TPSA) is 75.3 Å². The molecule has 80 valence electrons. The Hall–Kier alpha value is -0.610. The first-order valence-corrected chi connectivity index (χ1v) is 5.41. The molecule has 0 aromatic rings. The first-order valence-electron chi connectivity index (χ1n) is 5.41. The highest BCUT2D eigenvalue weighted by molar-refractivity contribution is 5.80. The first-order chi connectivity index (χ1) is 6.72. The van der Waals surface area contributed by atoms with Crippen LogP contribution in [0.5, 0.6) is 0 Å². The van der Waals surface area contributed by atoms with E-state index in [0.717, 1.165) is 25.7 Å². The molecule has 14 heavy (non-hydrogen) atoms. The van der Waals surface area contributed by atoms with Crippen molar-refractivity contribution in [3.05, 3.63) is 0 Å². The minimum atomic E-state index is -0.247. The van der Waals surface area contributed by atoms with E-state index in [2.05, 4.69) is 5.32 Å². The third-order valence-electron chi connectivity index (χ3n) is 3.57. The molecule has 1 amide bonds. The van der Waals surface area contributed by atoms with Crippen LogP contribution in [0, 0.1) is 11.8 Å². The average molecular weight is 198 g/mol. The number of hydrogen-bond donors (Lipinski definition) is 3. The molecule has 4 heteroatoms. The normalized spacial score (nSPS) is 42.9. The summed E-state index contributed by atoms with van der Waals surface area (Å²) in [6.07, 6.45) is 3.40. The van der Waals surface area contributed by atoms with Crippen molar-refractivity contribution < 1.29 is 9.90 Å². The zero-order valence-electron chi connectivity index (χ0n) is 8.28. The lowest BCUT2D eigenvalue weighted by Gasteiger charge is -2.41. The van der Waals surface area contributed by atoms with Crippen LogP contribution in [0.25, 0.3) is 0 Å². The molecule has 4 N–H and O–H groups in total. The molecular formula is C10H18N2O2. The summed E-state index contributed by atoms with van der Waals surface area (Å²) < 4.78 is 0. The molecule has 1 saturated carbocycles.